The van der Waals surface area contributed by atoms with Crippen molar-refractivity contribution in [3.63, 3.8) is 0 Å². The molecule has 3 aromatic rings. The van der Waals surface area contributed by atoms with Crippen LogP contribution in [0.4, 0.5) is 0 Å². The van der Waals surface area contributed by atoms with Crippen LogP contribution in [0.2, 0.25) is 0 Å². The minimum Gasteiger partial charge on any atom is -0.389 e. The van der Waals surface area contributed by atoms with Crippen LogP contribution in [0.5, 0.6) is 0 Å². The first-order chi connectivity index (χ1) is 10.5. The average molecular weight is 308 g/mol. The number of H-pyrrole nitrogens is 1. The normalized spacial score (nSPS) is 11.3. The number of nitrogens with two attached hydrogens (primary N) is 1. The van der Waals surface area contributed by atoms with Gasteiger partial charge in [-0.05, 0) is 36.1 Å². The lowest BCUT2D eigenvalue weighted by atomic mass is 9.99. The number of fused-ring (bicyclic) bond motifs is 1. The Bertz CT molecular complexity index is 842. The molecule has 112 valence electrons. The fraction of sp³-hybridized carbons (Fsp3) is 0.211. The highest BCUT2D eigenvalue weighted by atomic mass is 32.1. The molecule has 0 aliphatic heterocycles. The van der Waals surface area contributed by atoms with Crippen LogP contribution in [-0.4, -0.2) is 9.97 Å². The van der Waals surface area contributed by atoms with Gasteiger partial charge < -0.3 is 10.7 Å². The van der Waals surface area contributed by atoms with Gasteiger partial charge >= 0.3 is 0 Å². The number of nitrogens with one attached hydrogen (secondary N) is 1. The van der Waals surface area contributed by atoms with E-state index in [0.29, 0.717) is 10.9 Å². The number of aromatic nitrogens is 1. The number of benzene rings is 2. The van der Waals surface area contributed by atoms with Gasteiger partial charge in [0.25, 0.3) is 0 Å². The van der Waals surface area contributed by atoms with Crippen molar-refractivity contribution in [2.75, 3.05) is 0 Å². The molecule has 0 saturated heterocycles. The third kappa shape index (κ3) is 2.53. The van der Waals surface area contributed by atoms with Crippen molar-refractivity contribution >= 4 is 28.1 Å². The number of thiocarbonyl (C=S) groups is 1. The van der Waals surface area contributed by atoms with Crippen LogP contribution in [0.3, 0.4) is 0 Å². The molecule has 0 aliphatic carbocycles. The summed E-state index contributed by atoms with van der Waals surface area (Å²) >= 11 is 5.30. The highest BCUT2D eigenvalue weighted by Crippen LogP contribution is 2.31. The maximum Gasteiger partial charge on any atom is 0.106 e. The summed E-state index contributed by atoms with van der Waals surface area (Å²) in [4.78, 5) is 3.90. The Labute approximate surface area is 136 Å². The smallest absolute Gasteiger partial charge is 0.106 e. The van der Waals surface area contributed by atoms with Crippen LogP contribution in [0, 0.1) is 6.92 Å². The Kier molecular flexibility index (Phi) is 3.75. The van der Waals surface area contributed by atoms with Crippen LogP contribution in [0.25, 0.3) is 22.2 Å². The quantitative estimate of drug-likeness (QED) is 0.676. The van der Waals surface area contributed by atoms with E-state index in [4.69, 9.17) is 18.0 Å². The molecule has 0 spiro atoms. The summed E-state index contributed by atoms with van der Waals surface area (Å²) in [5.41, 5.74) is 12.6. The molecule has 22 heavy (non-hydrogen) atoms. The predicted octanol–water partition coefficient (Wildman–Crippen LogP) is 4.90. The zero-order chi connectivity index (χ0) is 15.9. The average Bonchev–Trinajstić information content (AvgIpc) is 2.85. The summed E-state index contributed by atoms with van der Waals surface area (Å²) < 4.78 is 0. The van der Waals surface area contributed by atoms with E-state index in [2.05, 4.69) is 68.2 Å². The summed E-state index contributed by atoms with van der Waals surface area (Å²) in [6.07, 6.45) is 0. The van der Waals surface area contributed by atoms with Crippen molar-refractivity contribution in [3.8, 4) is 11.3 Å². The molecular weight excluding hydrogens is 288 g/mol. The summed E-state index contributed by atoms with van der Waals surface area (Å²) in [5.74, 6) is 0.523. The van der Waals surface area contributed by atoms with E-state index in [1.807, 2.05) is 0 Å². The van der Waals surface area contributed by atoms with Gasteiger partial charge in [0.15, 0.2) is 0 Å². The minimum absolute atomic E-state index is 0.430. The maximum atomic E-state index is 6.00. The molecule has 3 rings (SSSR count). The summed E-state index contributed by atoms with van der Waals surface area (Å²) in [6, 6.07) is 14.9. The van der Waals surface area contributed by atoms with Crippen molar-refractivity contribution in [3.05, 3.63) is 59.2 Å². The molecule has 0 radical (unpaired) electrons. The van der Waals surface area contributed by atoms with Gasteiger partial charge in [0.1, 0.15) is 4.99 Å². The second kappa shape index (κ2) is 5.58. The molecular formula is C19H20N2S. The van der Waals surface area contributed by atoms with Gasteiger partial charge in [0, 0.05) is 16.5 Å². The van der Waals surface area contributed by atoms with Gasteiger partial charge in [0.2, 0.25) is 0 Å². The summed E-state index contributed by atoms with van der Waals surface area (Å²) in [7, 11) is 0. The molecule has 0 amide bonds. The molecule has 2 aromatic carbocycles. The zero-order valence-corrected chi connectivity index (χ0v) is 13.9. The largest absolute Gasteiger partial charge is 0.389 e. The molecule has 0 aliphatic rings. The van der Waals surface area contributed by atoms with Crippen LogP contribution < -0.4 is 5.73 Å². The van der Waals surface area contributed by atoms with E-state index in [-0.39, 0.29) is 0 Å². The van der Waals surface area contributed by atoms with Gasteiger partial charge in [-0.3, -0.25) is 0 Å². The fourth-order valence-electron chi connectivity index (χ4n) is 2.81. The molecule has 0 fully saturated rings. The first-order valence-corrected chi connectivity index (χ1v) is 7.90. The van der Waals surface area contributed by atoms with Crippen molar-refractivity contribution in [1.82, 2.24) is 4.98 Å². The van der Waals surface area contributed by atoms with E-state index in [9.17, 15) is 0 Å². The van der Waals surface area contributed by atoms with Crippen LogP contribution in [0.15, 0.2) is 42.5 Å². The lowest BCUT2D eigenvalue weighted by Gasteiger charge is -2.07. The number of hydrogen-bond acceptors (Lipinski definition) is 1. The van der Waals surface area contributed by atoms with Crippen LogP contribution in [-0.2, 0) is 0 Å². The first kappa shape index (κ1) is 14.8. The monoisotopic (exact) mass is 308 g/mol. The minimum atomic E-state index is 0.430. The van der Waals surface area contributed by atoms with E-state index >= 15 is 0 Å². The lowest BCUT2D eigenvalue weighted by molar-refractivity contribution is 0.867. The van der Waals surface area contributed by atoms with Crippen molar-refractivity contribution in [2.24, 2.45) is 5.73 Å². The van der Waals surface area contributed by atoms with E-state index in [1.54, 1.807) is 0 Å². The Morgan fingerprint density at radius 3 is 2.36 bits per heavy atom. The lowest BCUT2D eigenvalue weighted by Crippen LogP contribution is -2.10. The second-order valence-electron chi connectivity index (χ2n) is 6.06. The molecule has 0 bridgehead atoms. The summed E-state index contributed by atoms with van der Waals surface area (Å²) in [5, 5.41) is 1.09. The van der Waals surface area contributed by atoms with Gasteiger partial charge in [-0.15, -0.1) is 0 Å². The Morgan fingerprint density at radius 1 is 1.09 bits per heavy atom. The number of rotatable bonds is 3. The van der Waals surface area contributed by atoms with Gasteiger partial charge in [-0.25, -0.2) is 0 Å². The highest BCUT2D eigenvalue weighted by Gasteiger charge is 2.15. The van der Waals surface area contributed by atoms with E-state index in [1.165, 1.54) is 11.1 Å². The van der Waals surface area contributed by atoms with Gasteiger partial charge in [0.05, 0.1) is 5.69 Å². The van der Waals surface area contributed by atoms with Crippen LogP contribution >= 0.6 is 12.2 Å². The summed E-state index contributed by atoms with van der Waals surface area (Å²) in [6.45, 7) is 6.47. The van der Waals surface area contributed by atoms with E-state index in [0.717, 1.165) is 27.7 Å². The van der Waals surface area contributed by atoms with Crippen molar-refractivity contribution in [1.29, 1.82) is 0 Å². The molecule has 1 aromatic heterocycles. The predicted molar refractivity (Wildman–Crippen MR) is 98.4 cm³/mol. The number of hydrogen-bond donors (Lipinski definition) is 2. The Morgan fingerprint density at radius 2 is 1.77 bits per heavy atom. The molecule has 3 heteroatoms. The van der Waals surface area contributed by atoms with Crippen molar-refractivity contribution < 1.29 is 0 Å². The van der Waals surface area contributed by atoms with Gasteiger partial charge in [-0.2, -0.15) is 0 Å². The second-order valence-corrected chi connectivity index (χ2v) is 6.50. The third-order valence-corrected chi connectivity index (χ3v) is 4.27. The highest BCUT2D eigenvalue weighted by molar-refractivity contribution is 7.80. The Hall–Kier alpha value is -2.13. The molecule has 0 atom stereocenters. The standard InChI is InChI=1S/C19H20N2S/c1-11(2)13-5-7-14(8-6-13)18-17(19(20)22)15-10-12(3)4-9-16(15)21-18/h4-11,21H,1-3H3,(H2,20,22). The maximum absolute atomic E-state index is 6.00. The zero-order valence-electron chi connectivity index (χ0n) is 13.1. The first-order valence-electron chi connectivity index (χ1n) is 7.50. The fourth-order valence-corrected chi connectivity index (χ4v) is 3.02. The topological polar surface area (TPSA) is 41.8 Å². The van der Waals surface area contributed by atoms with Crippen LogP contribution in [0.1, 0.15) is 36.5 Å². The SMILES string of the molecule is Cc1ccc2[nH]c(-c3ccc(C(C)C)cc3)c(C(N)=S)c2c1. The van der Waals surface area contributed by atoms with E-state index < -0.39 is 0 Å². The van der Waals surface area contributed by atoms with Crippen molar-refractivity contribution in [2.45, 2.75) is 26.7 Å². The number of aromatic amines is 1. The van der Waals surface area contributed by atoms with Gasteiger partial charge in [-0.1, -0.05) is 62.0 Å². The molecule has 0 saturated carbocycles. The number of aryl methyl sites for hydroxylation is 1. The molecule has 3 N–H and O–H groups in total. The molecule has 0 unspecified atom stereocenters. The molecule has 2 nitrogen and oxygen atoms in total. The molecule has 1 heterocycles. The third-order valence-electron chi connectivity index (χ3n) is 4.07. The Balaban J connectivity index is 2.21.